The summed E-state index contributed by atoms with van der Waals surface area (Å²) >= 11 is 5.79. The molecule has 2 rings (SSSR count). The van der Waals surface area contributed by atoms with Crippen molar-refractivity contribution in [2.24, 2.45) is 0 Å². The fourth-order valence-corrected chi connectivity index (χ4v) is 2.04. The molecule has 0 saturated carbocycles. The van der Waals surface area contributed by atoms with Crippen molar-refractivity contribution in [1.82, 2.24) is 0 Å². The van der Waals surface area contributed by atoms with Crippen molar-refractivity contribution in [2.45, 2.75) is 19.4 Å². The van der Waals surface area contributed by atoms with E-state index in [1.165, 1.54) is 12.1 Å². The summed E-state index contributed by atoms with van der Waals surface area (Å²) in [4.78, 5) is 0. The van der Waals surface area contributed by atoms with Crippen LogP contribution in [0.25, 0.3) is 0 Å². The van der Waals surface area contributed by atoms with E-state index in [9.17, 15) is 9.50 Å². The highest BCUT2D eigenvalue weighted by atomic mass is 35.5. The zero-order valence-electron chi connectivity index (χ0n) is 10.0. The van der Waals surface area contributed by atoms with Crippen LogP contribution in [0.1, 0.15) is 22.8 Å². The Balaban J connectivity index is 2.16. The lowest BCUT2D eigenvalue weighted by Crippen LogP contribution is -2.02. The first kappa shape index (κ1) is 13.1. The highest BCUT2D eigenvalue weighted by Crippen LogP contribution is 2.21. The maximum atomic E-state index is 13.3. The largest absolute Gasteiger partial charge is 0.388 e. The summed E-state index contributed by atoms with van der Waals surface area (Å²) in [5.74, 6) is -0.319. The molecular formula is C15H14ClFO. The molecule has 18 heavy (non-hydrogen) atoms. The van der Waals surface area contributed by atoms with E-state index in [4.69, 9.17) is 11.6 Å². The summed E-state index contributed by atoms with van der Waals surface area (Å²) in [6, 6.07) is 11.9. The number of aryl methyl sites for hydroxylation is 1. The molecule has 0 fully saturated rings. The van der Waals surface area contributed by atoms with Crippen LogP contribution in [0.3, 0.4) is 0 Å². The lowest BCUT2D eigenvalue weighted by atomic mass is 10.00. The normalized spacial score (nSPS) is 12.4. The molecule has 1 nitrogen and oxygen atoms in total. The van der Waals surface area contributed by atoms with Gasteiger partial charge in [0.25, 0.3) is 0 Å². The molecule has 1 N–H and O–H groups in total. The second-order valence-electron chi connectivity index (χ2n) is 4.41. The Kier molecular flexibility index (Phi) is 4.00. The van der Waals surface area contributed by atoms with Crippen molar-refractivity contribution in [3.8, 4) is 0 Å². The van der Waals surface area contributed by atoms with Gasteiger partial charge >= 0.3 is 0 Å². The third-order valence-electron chi connectivity index (χ3n) is 2.79. The Bertz CT molecular complexity index is 516. The number of benzene rings is 2. The number of aliphatic hydroxyl groups excluding tert-OH is 1. The van der Waals surface area contributed by atoms with Gasteiger partial charge in [-0.25, -0.2) is 4.39 Å². The van der Waals surface area contributed by atoms with Crippen molar-refractivity contribution in [1.29, 1.82) is 0 Å². The van der Waals surface area contributed by atoms with E-state index in [2.05, 4.69) is 0 Å². The van der Waals surface area contributed by atoms with Gasteiger partial charge in [-0.05, 0) is 47.9 Å². The topological polar surface area (TPSA) is 20.2 Å². The fraction of sp³-hybridized carbons (Fsp3) is 0.200. The molecule has 0 spiro atoms. The van der Waals surface area contributed by atoms with Crippen LogP contribution in [-0.2, 0) is 6.42 Å². The van der Waals surface area contributed by atoms with Crippen LogP contribution >= 0.6 is 11.6 Å². The molecule has 0 aromatic heterocycles. The second kappa shape index (κ2) is 5.51. The fourth-order valence-electron chi connectivity index (χ4n) is 1.92. The predicted octanol–water partition coefficient (Wildman–Crippen LogP) is 4.06. The molecule has 0 heterocycles. The number of hydrogen-bond donors (Lipinski definition) is 1. The van der Waals surface area contributed by atoms with Crippen molar-refractivity contribution < 1.29 is 9.50 Å². The van der Waals surface area contributed by atoms with E-state index < -0.39 is 6.10 Å². The maximum absolute atomic E-state index is 13.3. The monoisotopic (exact) mass is 264 g/mol. The van der Waals surface area contributed by atoms with E-state index in [0.29, 0.717) is 17.0 Å². The SMILES string of the molecule is Cc1cc(F)cc(C(O)Cc2ccc(Cl)cc2)c1. The number of hydrogen-bond acceptors (Lipinski definition) is 1. The van der Waals surface area contributed by atoms with Crippen LogP contribution in [0.2, 0.25) is 5.02 Å². The van der Waals surface area contributed by atoms with Crippen LogP contribution in [-0.4, -0.2) is 5.11 Å². The number of rotatable bonds is 3. The smallest absolute Gasteiger partial charge is 0.123 e. The van der Waals surface area contributed by atoms with E-state index in [1.807, 2.05) is 19.1 Å². The summed E-state index contributed by atoms with van der Waals surface area (Å²) in [6.45, 7) is 1.81. The summed E-state index contributed by atoms with van der Waals surface area (Å²) in [7, 11) is 0. The van der Waals surface area contributed by atoms with Gasteiger partial charge in [0.15, 0.2) is 0 Å². The first-order valence-corrected chi connectivity index (χ1v) is 6.12. The Labute approximate surface area is 111 Å². The molecule has 1 atom stereocenters. The lowest BCUT2D eigenvalue weighted by Gasteiger charge is -2.12. The molecule has 0 saturated heterocycles. The highest BCUT2D eigenvalue weighted by molar-refractivity contribution is 6.30. The van der Waals surface area contributed by atoms with Gasteiger partial charge in [0.2, 0.25) is 0 Å². The van der Waals surface area contributed by atoms with Gasteiger partial charge in [0.05, 0.1) is 6.10 Å². The van der Waals surface area contributed by atoms with Gasteiger partial charge < -0.3 is 5.11 Å². The average molecular weight is 265 g/mol. The Morgan fingerprint density at radius 1 is 1.17 bits per heavy atom. The van der Waals surface area contributed by atoms with Crippen LogP contribution in [0.4, 0.5) is 4.39 Å². The molecule has 0 aliphatic carbocycles. The first-order chi connectivity index (χ1) is 8.54. The molecule has 0 radical (unpaired) electrons. The summed E-state index contributed by atoms with van der Waals surface area (Å²) in [5, 5.41) is 10.8. The highest BCUT2D eigenvalue weighted by Gasteiger charge is 2.10. The zero-order chi connectivity index (χ0) is 13.1. The molecule has 0 aliphatic heterocycles. The van der Waals surface area contributed by atoms with Gasteiger partial charge in [-0.3, -0.25) is 0 Å². The van der Waals surface area contributed by atoms with Crippen molar-refractivity contribution in [3.63, 3.8) is 0 Å². The molecule has 0 amide bonds. The zero-order valence-corrected chi connectivity index (χ0v) is 10.8. The molecular weight excluding hydrogens is 251 g/mol. The standard InChI is InChI=1S/C15H14ClFO/c1-10-6-12(9-14(17)7-10)15(18)8-11-2-4-13(16)5-3-11/h2-7,9,15,18H,8H2,1H3. The quantitative estimate of drug-likeness (QED) is 0.886. The van der Waals surface area contributed by atoms with Crippen LogP contribution < -0.4 is 0 Å². The average Bonchev–Trinajstić information content (AvgIpc) is 2.31. The van der Waals surface area contributed by atoms with Crippen LogP contribution in [0.5, 0.6) is 0 Å². The number of halogens is 2. The molecule has 3 heteroatoms. The van der Waals surface area contributed by atoms with Crippen LogP contribution in [0, 0.1) is 12.7 Å². The third kappa shape index (κ3) is 3.31. The molecule has 1 unspecified atom stereocenters. The molecule has 0 aliphatic rings. The van der Waals surface area contributed by atoms with Crippen molar-refractivity contribution >= 4 is 11.6 Å². The number of aliphatic hydroxyl groups is 1. The minimum absolute atomic E-state index is 0.319. The Hall–Kier alpha value is -1.38. The first-order valence-electron chi connectivity index (χ1n) is 5.74. The molecule has 2 aromatic rings. The minimum Gasteiger partial charge on any atom is -0.388 e. The second-order valence-corrected chi connectivity index (χ2v) is 4.84. The summed E-state index contributed by atoms with van der Waals surface area (Å²) < 4.78 is 13.3. The van der Waals surface area contributed by atoms with Crippen molar-refractivity contribution in [2.75, 3.05) is 0 Å². The van der Waals surface area contributed by atoms with Gasteiger partial charge in [-0.2, -0.15) is 0 Å². The Morgan fingerprint density at radius 3 is 2.44 bits per heavy atom. The molecule has 94 valence electrons. The van der Waals surface area contributed by atoms with Gasteiger partial charge in [0.1, 0.15) is 5.82 Å². The molecule has 0 bridgehead atoms. The third-order valence-corrected chi connectivity index (χ3v) is 3.04. The predicted molar refractivity (Wildman–Crippen MR) is 71.3 cm³/mol. The van der Waals surface area contributed by atoms with E-state index >= 15 is 0 Å². The van der Waals surface area contributed by atoms with E-state index in [1.54, 1.807) is 18.2 Å². The van der Waals surface area contributed by atoms with Gasteiger partial charge in [-0.15, -0.1) is 0 Å². The van der Waals surface area contributed by atoms with E-state index in [-0.39, 0.29) is 5.82 Å². The summed E-state index contributed by atoms with van der Waals surface area (Å²) in [5.41, 5.74) is 2.37. The van der Waals surface area contributed by atoms with Crippen molar-refractivity contribution in [3.05, 3.63) is 70.0 Å². The van der Waals surface area contributed by atoms with E-state index in [0.717, 1.165) is 11.1 Å². The minimum atomic E-state index is -0.708. The lowest BCUT2D eigenvalue weighted by molar-refractivity contribution is 0.178. The van der Waals surface area contributed by atoms with Gasteiger partial charge in [0, 0.05) is 11.4 Å². The maximum Gasteiger partial charge on any atom is 0.123 e. The van der Waals surface area contributed by atoms with Gasteiger partial charge in [-0.1, -0.05) is 29.8 Å². The van der Waals surface area contributed by atoms with Crippen LogP contribution in [0.15, 0.2) is 42.5 Å². The summed E-state index contributed by atoms with van der Waals surface area (Å²) in [6.07, 6.45) is -0.263. The molecule has 2 aromatic carbocycles. The Morgan fingerprint density at radius 2 is 1.83 bits per heavy atom.